The lowest BCUT2D eigenvalue weighted by Gasteiger charge is -2.09. The fourth-order valence-corrected chi connectivity index (χ4v) is 2.12. The zero-order valence-corrected chi connectivity index (χ0v) is 11.4. The van der Waals surface area contributed by atoms with E-state index < -0.39 is 0 Å². The molecule has 0 fully saturated rings. The van der Waals surface area contributed by atoms with E-state index in [0.717, 1.165) is 11.1 Å². The molecule has 0 atom stereocenters. The van der Waals surface area contributed by atoms with Crippen LogP contribution in [0.1, 0.15) is 28.4 Å². The average molecular weight is 268 g/mol. The minimum Gasteiger partial charge on any atom is -0.508 e. The molecule has 0 aromatic heterocycles. The van der Waals surface area contributed by atoms with Crippen LogP contribution in [-0.4, -0.2) is 16.0 Å². The standard InChI is InChI=1S/C17H16O3/c1-3-15(12-4-6-13(18)7-5-12)17(20)16-9-8-14(19)10-11(16)2/h3-10,18-19H,1-2H3/b15-3-. The minimum atomic E-state index is -0.101. The van der Waals surface area contributed by atoms with Crippen molar-refractivity contribution in [1.29, 1.82) is 0 Å². The van der Waals surface area contributed by atoms with Gasteiger partial charge in [0.1, 0.15) is 11.5 Å². The normalized spacial score (nSPS) is 11.4. The highest BCUT2D eigenvalue weighted by Crippen LogP contribution is 2.25. The van der Waals surface area contributed by atoms with Crippen molar-refractivity contribution in [2.75, 3.05) is 0 Å². The fourth-order valence-electron chi connectivity index (χ4n) is 2.12. The number of hydrogen-bond donors (Lipinski definition) is 2. The van der Waals surface area contributed by atoms with Gasteiger partial charge in [0, 0.05) is 11.1 Å². The van der Waals surface area contributed by atoms with E-state index in [4.69, 9.17) is 0 Å². The minimum absolute atomic E-state index is 0.101. The van der Waals surface area contributed by atoms with Gasteiger partial charge in [0.25, 0.3) is 0 Å². The number of phenols is 2. The van der Waals surface area contributed by atoms with Gasteiger partial charge in [0.15, 0.2) is 5.78 Å². The molecule has 0 amide bonds. The molecular formula is C17H16O3. The number of aromatic hydroxyl groups is 2. The van der Waals surface area contributed by atoms with E-state index in [0.29, 0.717) is 11.1 Å². The van der Waals surface area contributed by atoms with Gasteiger partial charge in [0.2, 0.25) is 0 Å². The van der Waals surface area contributed by atoms with Gasteiger partial charge in [-0.25, -0.2) is 0 Å². The van der Waals surface area contributed by atoms with E-state index >= 15 is 0 Å². The third kappa shape index (κ3) is 2.72. The van der Waals surface area contributed by atoms with Crippen molar-refractivity contribution in [2.24, 2.45) is 0 Å². The molecule has 0 aliphatic carbocycles. The Morgan fingerprint density at radius 2 is 1.60 bits per heavy atom. The quantitative estimate of drug-likeness (QED) is 0.659. The SMILES string of the molecule is C/C=C(\C(=O)c1ccc(O)cc1C)c1ccc(O)cc1. The first-order valence-electron chi connectivity index (χ1n) is 6.33. The van der Waals surface area contributed by atoms with E-state index in [2.05, 4.69) is 0 Å². The molecule has 3 heteroatoms. The topological polar surface area (TPSA) is 57.5 Å². The predicted molar refractivity (Wildman–Crippen MR) is 78.9 cm³/mol. The van der Waals surface area contributed by atoms with Gasteiger partial charge in [-0.05, 0) is 55.3 Å². The maximum Gasteiger partial charge on any atom is 0.193 e. The summed E-state index contributed by atoms with van der Waals surface area (Å²) in [7, 11) is 0. The van der Waals surface area contributed by atoms with Crippen molar-refractivity contribution in [3.8, 4) is 11.5 Å². The number of allylic oxidation sites excluding steroid dienone is 2. The van der Waals surface area contributed by atoms with E-state index in [1.165, 1.54) is 6.07 Å². The Balaban J connectivity index is 2.42. The zero-order valence-electron chi connectivity index (χ0n) is 11.4. The van der Waals surface area contributed by atoms with Crippen LogP contribution in [0.3, 0.4) is 0 Å². The van der Waals surface area contributed by atoms with Crippen LogP contribution in [0, 0.1) is 6.92 Å². The van der Waals surface area contributed by atoms with Crippen LogP contribution in [0.4, 0.5) is 0 Å². The lowest BCUT2D eigenvalue weighted by molar-refractivity contribution is 0.105. The Hall–Kier alpha value is -2.55. The summed E-state index contributed by atoms with van der Waals surface area (Å²) in [6, 6.07) is 11.2. The Morgan fingerprint density at radius 1 is 1.00 bits per heavy atom. The third-order valence-corrected chi connectivity index (χ3v) is 3.17. The molecule has 2 aromatic carbocycles. The van der Waals surface area contributed by atoms with Crippen LogP contribution in [0.5, 0.6) is 11.5 Å². The molecule has 0 saturated heterocycles. The number of carbonyl (C=O) groups is 1. The van der Waals surface area contributed by atoms with E-state index in [1.807, 2.05) is 0 Å². The highest BCUT2D eigenvalue weighted by molar-refractivity contribution is 6.29. The van der Waals surface area contributed by atoms with Crippen molar-refractivity contribution in [3.05, 3.63) is 65.2 Å². The lowest BCUT2D eigenvalue weighted by Crippen LogP contribution is -2.04. The zero-order chi connectivity index (χ0) is 14.7. The number of ketones is 1. The van der Waals surface area contributed by atoms with Gasteiger partial charge in [0.05, 0.1) is 0 Å². The summed E-state index contributed by atoms with van der Waals surface area (Å²) in [6.07, 6.45) is 1.75. The van der Waals surface area contributed by atoms with Gasteiger partial charge in [-0.3, -0.25) is 4.79 Å². The van der Waals surface area contributed by atoms with Gasteiger partial charge < -0.3 is 10.2 Å². The molecule has 0 spiro atoms. The second kappa shape index (κ2) is 5.61. The molecule has 0 bridgehead atoms. The van der Waals surface area contributed by atoms with Gasteiger partial charge >= 0.3 is 0 Å². The molecular weight excluding hydrogens is 252 g/mol. The van der Waals surface area contributed by atoms with Gasteiger partial charge in [-0.15, -0.1) is 0 Å². The first kappa shape index (κ1) is 13.9. The van der Waals surface area contributed by atoms with E-state index in [-0.39, 0.29) is 17.3 Å². The van der Waals surface area contributed by atoms with E-state index in [1.54, 1.807) is 56.3 Å². The summed E-state index contributed by atoms with van der Waals surface area (Å²) in [5, 5.41) is 18.7. The smallest absolute Gasteiger partial charge is 0.193 e. The third-order valence-electron chi connectivity index (χ3n) is 3.17. The van der Waals surface area contributed by atoms with Crippen LogP contribution >= 0.6 is 0 Å². The molecule has 0 aliphatic heterocycles. The van der Waals surface area contributed by atoms with Crippen LogP contribution in [0.15, 0.2) is 48.5 Å². The molecule has 2 aromatic rings. The number of benzene rings is 2. The molecule has 0 saturated carbocycles. The molecule has 0 unspecified atom stereocenters. The molecule has 0 radical (unpaired) electrons. The summed E-state index contributed by atoms with van der Waals surface area (Å²) in [5.41, 5.74) is 2.61. The van der Waals surface area contributed by atoms with Crippen LogP contribution in [0.25, 0.3) is 5.57 Å². The summed E-state index contributed by atoms with van der Waals surface area (Å²) in [4.78, 5) is 12.6. The first-order valence-corrected chi connectivity index (χ1v) is 6.33. The van der Waals surface area contributed by atoms with Gasteiger partial charge in [-0.1, -0.05) is 18.2 Å². The highest BCUT2D eigenvalue weighted by Gasteiger charge is 2.15. The maximum atomic E-state index is 12.6. The Bertz CT molecular complexity index is 667. The maximum absolute atomic E-state index is 12.6. The molecule has 2 N–H and O–H groups in total. The molecule has 0 aliphatic rings. The lowest BCUT2D eigenvalue weighted by atomic mass is 9.94. The van der Waals surface area contributed by atoms with Crippen LogP contribution < -0.4 is 0 Å². The summed E-state index contributed by atoms with van der Waals surface area (Å²) < 4.78 is 0. The number of rotatable bonds is 3. The number of hydrogen-bond acceptors (Lipinski definition) is 3. The van der Waals surface area contributed by atoms with Crippen molar-refractivity contribution in [3.63, 3.8) is 0 Å². The van der Waals surface area contributed by atoms with Crippen molar-refractivity contribution < 1.29 is 15.0 Å². The molecule has 3 nitrogen and oxygen atoms in total. The van der Waals surface area contributed by atoms with Crippen molar-refractivity contribution >= 4 is 11.4 Å². The van der Waals surface area contributed by atoms with Crippen molar-refractivity contribution in [2.45, 2.75) is 13.8 Å². The first-order chi connectivity index (χ1) is 9.52. The monoisotopic (exact) mass is 268 g/mol. The molecule has 2 rings (SSSR count). The predicted octanol–water partition coefficient (Wildman–Crippen LogP) is 3.69. The summed E-state index contributed by atoms with van der Waals surface area (Å²) in [5.74, 6) is 0.207. The average Bonchev–Trinajstić information content (AvgIpc) is 2.41. The molecule has 102 valence electrons. The second-order valence-corrected chi connectivity index (χ2v) is 4.58. The highest BCUT2D eigenvalue weighted by atomic mass is 16.3. The number of aryl methyl sites for hydroxylation is 1. The summed E-state index contributed by atoms with van der Waals surface area (Å²) >= 11 is 0. The number of carbonyl (C=O) groups excluding carboxylic acids is 1. The van der Waals surface area contributed by atoms with Crippen LogP contribution in [0.2, 0.25) is 0 Å². The van der Waals surface area contributed by atoms with E-state index in [9.17, 15) is 15.0 Å². The largest absolute Gasteiger partial charge is 0.508 e. The Kier molecular flexibility index (Phi) is 3.89. The Labute approximate surface area is 117 Å². The Morgan fingerprint density at radius 3 is 2.15 bits per heavy atom. The second-order valence-electron chi connectivity index (χ2n) is 4.58. The molecule has 20 heavy (non-hydrogen) atoms. The van der Waals surface area contributed by atoms with Crippen LogP contribution in [-0.2, 0) is 0 Å². The molecule has 0 heterocycles. The van der Waals surface area contributed by atoms with Crippen molar-refractivity contribution in [1.82, 2.24) is 0 Å². The fraction of sp³-hybridized carbons (Fsp3) is 0.118. The van der Waals surface area contributed by atoms with Gasteiger partial charge in [-0.2, -0.15) is 0 Å². The number of phenolic OH excluding ortho intramolecular Hbond substituents is 2. The summed E-state index contributed by atoms with van der Waals surface area (Å²) in [6.45, 7) is 3.59. The number of Topliss-reactive ketones (excluding diaryl/α,β-unsaturated/α-hetero) is 1.